The Hall–Kier alpha value is -1.85. The third kappa shape index (κ3) is 3.44. The average molecular weight is 357 g/mol. The van der Waals surface area contributed by atoms with Crippen LogP contribution in [0, 0.1) is 5.82 Å². The smallest absolute Gasteiger partial charge is 0.278 e. The molecule has 2 aromatic rings. The lowest BCUT2D eigenvalue weighted by molar-refractivity contribution is -0.908. The maximum atomic E-state index is 14.1. The van der Waals surface area contributed by atoms with Gasteiger partial charge in [0.1, 0.15) is 17.7 Å². The van der Waals surface area contributed by atoms with Gasteiger partial charge in [0, 0.05) is 29.8 Å². The molecule has 0 spiro atoms. The van der Waals surface area contributed by atoms with Gasteiger partial charge in [-0.2, -0.15) is 0 Å². The fourth-order valence-electron chi connectivity index (χ4n) is 3.77. The highest BCUT2D eigenvalue weighted by Gasteiger charge is 2.34. The molecule has 1 fully saturated rings. The van der Waals surface area contributed by atoms with Crippen LogP contribution in [0.4, 0.5) is 4.39 Å². The standard InChI is InChI=1S/C20H21FN2OS/c21-18-8-4-3-7-17(18)20-23(11-12-25-20)19(24)14-22-10-9-15-5-1-2-6-16(15)13-22/h1-8,20H,9-14H2/p+1/t20-/m0/s1. The maximum Gasteiger partial charge on any atom is 0.278 e. The number of amides is 1. The van der Waals surface area contributed by atoms with Gasteiger partial charge in [-0.15, -0.1) is 11.8 Å². The highest BCUT2D eigenvalue weighted by molar-refractivity contribution is 7.99. The van der Waals surface area contributed by atoms with Crippen molar-refractivity contribution in [2.45, 2.75) is 18.3 Å². The van der Waals surface area contributed by atoms with E-state index >= 15 is 0 Å². The number of hydrogen-bond acceptors (Lipinski definition) is 2. The van der Waals surface area contributed by atoms with Crippen molar-refractivity contribution in [1.29, 1.82) is 0 Å². The molecule has 2 aromatic carbocycles. The van der Waals surface area contributed by atoms with Gasteiger partial charge < -0.3 is 9.80 Å². The number of benzene rings is 2. The number of nitrogens with one attached hydrogen (secondary N) is 1. The Morgan fingerprint density at radius 3 is 2.76 bits per heavy atom. The van der Waals surface area contributed by atoms with Crippen LogP contribution < -0.4 is 4.90 Å². The second-order valence-corrected chi connectivity index (χ2v) is 7.89. The third-order valence-electron chi connectivity index (χ3n) is 5.09. The quantitative estimate of drug-likeness (QED) is 0.909. The van der Waals surface area contributed by atoms with Crippen molar-refractivity contribution in [3.05, 3.63) is 71.0 Å². The first kappa shape index (κ1) is 16.6. The summed E-state index contributed by atoms with van der Waals surface area (Å²) in [5.74, 6) is 0.773. The molecular weight excluding hydrogens is 335 g/mol. The Morgan fingerprint density at radius 1 is 1.16 bits per heavy atom. The summed E-state index contributed by atoms with van der Waals surface area (Å²) >= 11 is 1.65. The van der Waals surface area contributed by atoms with E-state index in [2.05, 4.69) is 24.3 Å². The van der Waals surface area contributed by atoms with Gasteiger partial charge in [-0.1, -0.05) is 42.5 Å². The highest BCUT2D eigenvalue weighted by Crippen LogP contribution is 2.38. The van der Waals surface area contributed by atoms with Crippen molar-refractivity contribution in [1.82, 2.24) is 4.90 Å². The van der Waals surface area contributed by atoms with E-state index in [-0.39, 0.29) is 17.1 Å². The van der Waals surface area contributed by atoms with Crippen molar-refractivity contribution in [3.8, 4) is 0 Å². The molecule has 25 heavy (non-hydrogen) atoms. The van der Waals surface area contributed by atoms with Gasteiger partial charge in [-0.05, 0) is 11.6 Å². The minimum absolute atomic E-state index is 0.132. The Morgan fingerprint density at radius 2 is 1.92 bits per heavy atom. The van der Waals surface area contributed by atoms with Crippen molar-refractivity contribution in [2.24, 2.45) is 0 Å². The lowest BCUT2D eigenvalue weighted by atomic mass is 10.00. The highest BCUT2D eigenvalue weighted by atomic mass is 32.2. The number of quaternary nitrogens is 1. The second kappa shape index (κ2) is 7.18. The van der Waals surface area contributed by atoms with E-state index in [1.165, 1.54) is 22.1 Å². The Balaban J connectivity index is 1.45. The number of carbonyl (C=O) groups is 1. The molecule has 3 nitrogen and oxygen atoms in total. The van der Waals surface area contributed by atoms with Crippen molar-refractivity contribution >= 4 is 17.7 Å². The van der Waals surface area contributed by atoms with E-state index in [4.69, 9.17) is 0 Å². The molecule has 1 unspecified atom stereocenters. The lowest BCUT2D eigenvalue weighted by Gasteiger charge is -2.29. The predicted octanol–water partition coefficient (Wildman–Crippen LogP) is 2.04. The van der Waals surface area contributed by atoms with Crippen LogP contribution in [0.3, 0.4) is 0 Å². The Kier molecular flexibility index (Phi) is 4.77. The zero-order valence-corrected chi connectivity index (χ0v) is 14.9. The number of fused-ring (bicyclic) bond motifs is 1. The third-order valence-corrected chi connectivity index (χ3v) is 6.33. The molecule has 1 N–H and O–H groups in total. The topological polar surface area (TPSA) is 24.8 Å². The minimum Gasteiger partial charge on any atom is -0.323 e. The van der Waals surface area contributed by atoms with Crippen LogP contribution >= 0.6 is 11.8 Å². The van der Waals surface area contributed by atoms with Crippen molar-refractivity contribution in [2.75, 3.05) is 25.4 Å². The van der Waals surface area contributed by atoms with Gasteiger partial charge in [-0.25, -0.2) is 4.39 Å². The van der Waals surface area contributed by atoms with Crippen LogP contribution in [0.1, 0.15) is 22.1 Å². The van der Waals surface area contributed by atoms with Gasteiger partial charge in [-0.3, -0.25) is 4.79 Å². The molecule has 1 amide bonds. The summed E-state index contributed by atoms with van der Waals surface area (Å²) in [4.78, 5) is 16.0. The Labute approximate surface area is 151 Å². The second-order valence-electron chi connectivity index (χ2n) is 6.70. The van der Waals surface area contributed by atoms with Crippen LogP contribution in [0.25, 0.3) is 0 Å². The number of halogens is 1. The lowest BCUT2D eigenvalue weighted by Crippen LogP contribution is -3.12. The zero-order chi connectivity index (χ0) is 17.2. The number of nitrogens with zero attached hydrogens (tertiary/aromatic N) is 1. The molecule has 4 rings (SSSR count). The van der Waals surface area contributed by atoms with E-state index in [1.807, 2.05) is 11.0 Å². The minimum atomic E-state index is -0.223. The Bertz CT molecular complexity index is 782. The molecule has 5 heteroatoms. The molecule has 1 saturated heterocycles. The first-order chi connectivity index (χ1) is 12.2. The molecule has 0 radical (unpaired) electrons. The molecular formula is C20H22FN2OS+. The fraction of sp³-hybridized carbons (Fsp3) is 0.350. The number of rotatable bonds is 3. The first-order valence-electron chi connectivity index (χ1n) is 8.78. The summed E-state index contributed by atoms with van der Waals surface area (Å²) in [6.45, 7) is 3.06. The van der Waals surface area contributed by atoms with Gasteiger partial charge in [0.25, 0.3) is 5.91 Å². The maximum absolute atomic E-state index is 14.1. The van der Waals surface area contributed by atoms with E-state index in [9.17, 15) is 9.18 Å². The number of hydrogen-bond donors (Lipinski definition) is 1. The van der Waals surface area contributed by atoms with E-state index in [1.54, 1.807) is 23.9 Å². The van der Waals surface area contributed by atoms with Gasteiger partial charge in [0.05, 0.1) is 6.54 Å². The van der Waals surface area contributed by atoms with E-state index < -0.39 is 0 Å². The van der Waals surface area contributed by atoms with Gasteiger partial charge in [0.2, 0.25) is 0 Å². The predicted molar refractivity (Wildman–Crippen MR) is 97.9 cm³/mol. The SMILES string of the molecule is O=C(C[NH+]1CCc2ccccc2C1)N1CCS[C@H]1c1ccccc1F. The summed E-state index contributed by atoms with van der Waals surface area (Å²) in [6.07, 6.45) is 1.02. The molecule has 2 atom stereocenters. The fourth-order valence-corrected chi connectivity index (χ4v) is 5.07. The molecule has 0 bridgehead atoms. The summed E-state index contributed by atoms with van der Waals surface area (Å²) in [5, 5.41) is -0.190. The van der Waals surface area contributed by atoms with Crippen molar-refractivity contribution < 1.29 is 14.1 Å². The normalized spacial score (nSPS) is 22.7. The van der Waals surface area contributed by atoms with Gasteiger partial charge in [0.15, 0.2) is 6.54 Å². The summed E-state index contributed by atoms with van der Waals surface area (Å²) in [6, 6.07) is 15.3. The van der Waals surface area contributed by atoms with Crippen LogP contribution in [-0.2, 0) is 17.8 Å². The summed E-state index contributed by atoms with van der Waals surface area (Å²) in [7, 11) is 0. The number of thioether (sulfide) groups is 1. The monoisotopic (exact) mass is 357 g/mol. The first-order valence-corrected chi connectivity index (χ1v) is 9.83. The van der Waals surface area contributed by atoms with Crippen LogP contribution in [-0.4, -0.2) is 36.2 Å². The van der Waals surface area contributed by atoms with Crippen LogP contribution in [0.15, 0.2) is 48.5 Å². The molecule has 0 aliphatic carbocycles. The molecule has 0 aromatic heterocycles. The number of carbonyl (C=O) groups excluding carboxylic acids is 1. The largest absolute Gasteiger partial charge is 0.323 e. The van der Waals surface area contributed by atoms with E-state index in [0.717, 1.165) is 25.3 Å². The van der Waals surface area contributed by atoms with Crippen molar-refractivity contribution in [3.63, 3.8) is 0 Å². The van der Waals surface area contributed by atoms with Crippen LogP contribution in [0.2, 0.25) is 0 Å². The van der Waals surface area contributed by atoms with E-state index in [0.29, 0.717) is 18.7 Å². The zero-order valence-electron chi connectivity index (χ0n) is 14.1. The molecule has 0 saturated carbocycles. The molecule has 130 valence electrons. The average Bonchev–Trinajstić information content (AvgIpc) is 3.11. The summed E-state index contributed by atoms with van der Waals surface area (Å²) < 4.78 is 14.1. The molecule has 2 aliphatic heterocycles. The molecule has 2 heterocycles. The van der Waals surface area contributed by atoms with Crippen LogP contribution in [0.5, 0.6) is 0 Å². The summed E-state index contributed by atoms with van der Waals surface area (Å²) in [5.41, 5.74) is 3.37. The molecule has 2 aliphatic rings. The van der Waals surface area contributed by atoms with Gasteiger partial charge >= 0.3 is 0 Å².